The first-order chi connectivity index (χ1) is 12.7. The summed E-state index contributed by atoms with van der Waals surface area (Å²) in [5.41, 5.74) is 1.57. The van der Waals surface area contributed by atoms with Crippen LogP contribution in [0.1, 0.15) is 28.8 Å². The van der Waals surface area contributed by atoms with E-state index in [1.165, 1.54) is 12.1 Å². The summed E-state index contributed by atoms with van der Waals surface area (Å²) in [7, 11) is 1.95. The van der Waals surface area contributed by atoms with E-state index >= 15 is 0 Å². The van der Waals surface area contributed by atoms with Crippen molar-refractivity contribution in [2.75, 3.05) is 26.7 Å². The molecule has 0 radical (unpaired) electrons. The third kappa shape index (κ3) is 5.94. The van der Waals surface area contributed by atoms with Gasteiger partial charge in [0.2, 0.25) is 0 Å². The quantitative estimate of drug-likeness (QED) is 0.810. The highest BCUT2D eigenvalue weighted by molar-refractivity contribution is 5.94. The second-order valence-corrected chi connectivity index (χ2v) is 6.76. The lowest BCUT2D eigenvalue weighted by atomic mass is 9.97. The molecule has 2 aromatic carbocycles. The Morgan fingerprint density at radius 2 is 2.07 bits per heavy atom. The van der Waals surface area contributed by atoms with Crippen LogP contribution in [0.2, 0.25) is 0 Å². The molecule has 1 aliphatic rings. The lowest BCUT2D eigenvalue weighted by Gasteiger charge is -2.32. The molecule has 146 valence electrons. The Bertz CT molecular complexity index is 754. The van der Waals surface area contributed by atoms with Gasteiger partial charge in [0.05, 0.1) is 0 Å². The molecule has 0 aromatic heterocycles. The standard InChI is InChI=1S/C21H25FN2O2.ClH/c1-23-13-17-6-4-10-24(14-17)21(25)18-7-2-5-16(11-18)15-26-20-9-3-8-19(22)12-20;/h2-3,5,7-9,11-12,17,23H,4,6,10,13-15H2,1H3;1H. The van der Waals surface area contributed by atoms with E-state index in [4.69, 9.17) is 4.74 Å². The molecule has 6 heteroatoms. The van der Waals surface area contributed by atoms with Gasteiger partial charge in [-0.05, 0) is 62.2 Å². The van der Waals surface area contributed by atoms with Gasteiger partial charge in [0.15, 0.2) is 0 Å². The number of nitrogens with zero attached hydrogens (tertiary/aromatic N) is 1. The Kier molecular flexibility index (Phi) is 8.07. The van der Waals surface area contributed by atoms with Gasteiger partial charge < -0.3 is 15.0 Å². The molecule has 1 heterocycles. The van der Waals surface area contributed by atoms with Crippen LogP contribution in [-0.4, -0.2) is 37.5 Å². The highest BCUT2D eigenvalue weighted by Crippen LogP contribution is 2.19. The smallest absolute Gasteiger partial charge is 0.253 e. The number of carbonyl (C=O) groups is 1. The van der Waals surface area contributed by atoms with Crippen molar-refractivity contribution in [2.24, 2.45) is 5.92 Å². The molecule has 27 heavy (non-hydrogen) atoms. The molecule has 1 saturated heterocycles. The monoisotopic (exact) mass is 392 g/mol. The van der Waals surface area contributed by atoms with Crippen molar-refractivity contribution in [1.82, 2.24) is 10.2 Å². The van der Waals surface area contributed by atoms with Crippen molar-refractivity contribution >= 4 is 18.3 Å². The van der Waals surface area contributed by atoms with Crippen LogP contribution in [0.4, 0.5) is 4.39 Å². The average molecular weight is 393 g/mol. The molecule has 2 aromatic rings. The van der Waals surface area contributed by atoms with Crippen LogP contribution in [-0.2, 0) is 6.61 Å². The van der Waals surface area contributed by atoms with Crippen molar-refractivity contribution in [1.29, 1.82) is 0 Å². The summed E-state index contributed by atoms with van der Waals surface area (Å²) in [4.78, 5) is 14.8. The Balaban J connectivity index is 0.00000261. The highest BCUT2D eigenvalue weighted by atomic mass is 35.5. The highest BCUT2D eigenvalue weighted by Gasteiger charge is 2.24. The first-order valence-corrected chi connectivity index (χ1v) is 9.07. The van der Waals surface area contributed by atoms with Crippen LogP contribution < -0.4 is 10.1 Å². The normalized spacial score (nSPS) is 16.5. The number of ether oxygens (including phenoxy) is 1. The van der Waals surface area contributed by atoms with Gasteiger partial charge in [0.1, 0.15) is 18.2 Å². The number of benzene rings is 2. The third-order valence-electron chi connectivity index (χ3n) is 4.67. The molecular weight excluding hydrogens is 367 g/mol. The average Bonchev–Trinajstić information content (AvgIpc) is 2.67. The predicted molar refractivity (Wildman–Crippen MR) is 107 cm³/mol. The minimum Gasteiger partial charge on any atom is -0.489 e. The van der Waals surface area contributed by atoms with Crippen LogP contribution in [0, 0.1) is 11.7 Å². The third-order valence-corrected chi connectivity index (χ3v) is 4.67. The summed E-state index contributed by atoms with van der Waals surface area (Å²) in [5.74, 6) is 0.732. The number of piperidine rings is 1. The Morgan fingerprint density at radius 3 is 2.85 bits per heavy atom. The van der Waals surface area contributed by atoms with E-state index in [0.717, 1.165) is 38.0 Å². The van der Waals surface area contributed by atoms with Gasteiger partial charge in [-0.1, -0.05) is 18.2 Å². The lowest BCUT2D eigenvalue weighted by Crippen LogP contribution is -2.42. The van der Waals surface area contributed by atoms with E-state index in [1.54, 1.807) is 12.1 Å². The number of likely N-dealkylation sites (tertiary alicyclic amines) is 1. The number of carbonyl (C=O) groups excluding carboxylic acids is 1. The van der Waals surface area contributed by atoms with Crippen LogP contribution in [0.15, 0.2) is 48.5 Å². The topological polar surface area (TPSA) is 41.6 Å². The first-order valence-electron chi connectivity index (χ1n) is 9.07. The van der Waals surface area contributed by atoms with Gasteiger partial charge in [-0.2, -0.15) is 0 Å². The van der Waals surface area contributed by atoms with Gasteiger partial charge in [-0.25, -0.2) is 4.39 Å². The summed E-state index contributed by atoms with van der Waals surface area (Å²) in [6.45, 7) is 2.84. The Labute approximate surface area is 166 Å². The van der Waals surface area contributed by atoms with Gasteiger partial charge in [0.25, 0.3) is 5.91 Å². The number of halogens is 2. The molecule has 3 rings (SSSR count). The van der Waals surface area contributed by atoms with E-state index in [0.29, 0.717) is 23.8 Å². The molecule has 0 spiro atoms. The number of rotatable bonds is 6. The summed E-state index contributed by atoms with van der Waals surface area (Å²) >= 11 is 0. The van der Waals surface area contributed by atoms with E-state index in [1.807, 2.05) is 36.2 Å². The van der Waals surface area contributed by atoms with Crippen molar-refractivity contribution in [3.05, 3.63) is 65.5 Å². The molecular formula is C21H26ClFN2O2. The van der Waals surface area contributed by atoms with Gasteiger partial charge in [-0.15, -0.1) is 12.4 Å². The molecule has 1 amide bonds. The number of hydrogen-bond donors (Lipinski definition) is 1. The maximum absolute atomic E-state index is 13.2. The van der Waals surface area contributed by atoms with Crippen LogP contribution in [0.5, 0.6) is 5.75 Å². The molecule has 0 aliphatic carbocycles. The van der Waals surface area contributed by atoms with Crippen LogP contribution >= 0.6 is 12.4 Å². The summed E-state index contributed by atoms with van der Waals surface area (Å²) < 4.78 is 18.8. The van der Waals surface area contributed by atoms with Gasteiger partial charge in [0, 0.05) is 24.7 Å². The van der Waals surface area contributed by atoms with Gasteiger partial charge >= 0.3 is 0 Å². The fourth-order valence-corrected chi connectivity index (χ4v) is 3.40. The zero-order valence-electron chi connectivity index (χ0n) is 15.5. The SMILES string of the molecule is CNCC1CCCN(C(=O)c2cccc(COc3cccc(F)c3)c2)C1.Cl. The van der Waals surface area contributed by atoms with Crippen molar-refractivity contribution in [3.8, 4) is 5.75 Å². The molecule has 1 unspecified atom stereocenters. The molecule has 1 N–H and O–H groups in total. The molecule has 1 atom stereocenters. The number of amides is 1. The van der Waals surface area contributed by atoms with Crippen molar-refractivity contribution < 1.29 is 13.9 Å². The van der Waals surface area contributed by atoms with Crippen molar-refractivity contribution in [3.63, 3.8) is 0 Å². The second kappa shape index (κ2) is 10.3. The second-order valence-electron chi connectivity index (χ2n) is 6.76. The fraction of sp³-hybridized carbons (Fsp3) is 0.381. The Hall–Kier alpha value is -2.11. The summed E-state index contributed by atoms with van der Waals surface area (Å²) in [6, 6.07) is 13.6. The van der Waals surface area contributed by atoms with E-state index < -0.39 is 0 Å². The van der Waals surface area contributed by atoms with Crippen LogP contribution in [0.3, 0.4) is 0 Å². The predicted octanol–water partition coefficient (Wildman–Crippen LogP) is 3.90. The van der Waals surface area contributed by atoms with Crippen molar-refractivity contribution in [2.45, 2.75) is 19.4 Å². The van der Waals surface area contributed by atoms with E-state index in [9.17, 15) is 9.18 Å². The molecule has 1 fully saturated rings. The largest absolute Gasteiger partial charge is 0.489 e. The number of hydrogen-bond acceptors (Lipinski definition) is 3. The maximum atomic E-state index is 13.2. The van der Waals surface area contributed by atoms with E-state index in [-0.39, 0.29) is 24.1 Å². The van der Waals surface area contributed by atoms with Gasteiger partial charge in [-0.3, -0.25) is 4.79 Å². The minimum absolute atomic E-state index is 0. The first kappa shape index (κ1) is 21.2. The Morgan fingerprint density at radius 1 is 1.26 bits per heavy atom. The lowest BCUT2D eigenvalue weighted by molar-refractivity contribution is 0.0674. The zero-order valence-corrected chi connectivity index (χ0v) is 16.3. The minimum atomic E-state index is -0.326. The molecule has 1 aliphatic heterocycles. The molecule has 0 saturated carbocycles. The molecule has 4 nitrogen and oxygen atoms in total. The summed E-state index contributed by atoms with van der Waals surface area (Å²) in [6.07, 6.45) is 2.20. The maximum Gasteiger partial charge on any atom is 0.253 e. The zero-order chi connectivity index (χ0) is 18.4. The molecule has 0 bridgehead atoms. The number of nitrogens with one attached hydrogen (secondary N) is 1. The van der Waals surface area contributed by atoms with E-state index in [2.05, 4.69) is 5.32 Å². The fourth-order valence-electron chi connectivity index (χ4n) is 3.40. The summed E-state index contributed by atoms with van der Waals surface area (Å²) in [5, 5.41) is 3.20. The van der Waals surface area contributed by atoms with Crippen LogP contribution in [0.25, 0.3) is 0 Å².